The lowest BCUT2D eigenvalue weighted by Gasteiger charge is -2.29. The Balaban J connectivity index is 0.00000196. The van der Waals surface area contributed by atoms with E-state index in [0.717, 1.165) is 0 Å². The van der Waals surface area contributed by atoms with Gasteiger partial charge in [0.25, 0.3) is 0 Å². The highest BCUT2D eigenvalue weighted by atomic mass is 35.5. The molecule has 0 radical (unpaired) electrons. The quantitative estimate of drug-likeness (QED) is 0.784. The van der Waals surface area contributed by atoms with E-state index in [1.54, 1.807) is 0 Å². The number of carboxylic acid groups (broad SMARTS) is 1. The lowest BCUT2D eigenvalue weighted by Crippen LogP contribution is -2.48. The van der Waals surface area contributed by atoms with E-state index in [0.29, 0.717) is 19.3 Å². The Hall–Kier alpha value is -0.490. The van der Waals surface area contributed by atoms with Gasteiger partial charge in [0.1, 0.15) is 6.04 Å². The minimum atomic E-state index is -4.22. The third-order valence-electron chi connectivity index (χ3n) is 2.26. The number of halogens is 4. The number of hydrogen-bond acceptors (Lipinski definition) is 2. The summed E-state index contributed by atoms with van der Waals surface area (Å²) in [5, 5.41) is 11.1. The molecule has 1 heterocycles. The van der Waals surface area contributed by atoms with Crippen LogP contribution < -0.4 is 5.32 Å². The average Bonchev–Trinajstić information content (AvgIpc) is 2.01. The van der Waals surface area contributed by atoms with Crippen LogP contribution in [0.4, 0.5) is 13.2 Å². The predicted molar refractivity (Wildman–Crippen MR) is 50.1 cm³/mol. The summed E-state index contributed by atoms with van der Waals surface area (Å²) in [5.74, 6) is -1.07. The van der Waals surface area contributed by atoms with Gasteiger partial charge >= 0.3 is 12.1 Å². The molecule has 0 aromatic heterocycles. The molecule has 0 saturated carbocycles. The zero-order valence-electron chi connectivity index (χ0n) is 7.88. The van der Waals surface area contributed by atoms with Crippen LogP contribution in [-0.4, -0.2) is 29.3 Å². The van der Waals surface area contributed by atoms with Crippen molar-refractivity contribution >= 4 is 18.4 Å². The van der Waals surface area contributed by atoms with Gasteiger partial charge in [0.2, 0.25) is 0 Å². The number of rotatable bonds is 2. The lowest BCUT2D eigenvalue weighted by molar-refractivity contribution is -0.148. The highest BCUT2D eigenvalue weighted by molar-refractivity contribution is 5.85. The van der Waals surface area contributed by atoms with Crippen LogP contribution in [0.15, 0.2) is 0 Å². The SMILES string of the molecule is Cl.O=C(O)C1CCCC(CC(F)(F)F)N1. The van der Waals surface area contributed by atoms with Crippen molar-refractivity contribution in [3.05, 3.63) is 0 Å². The molecule has 0 bridgehead atoms. The van der Waals surface area contributed by atoms with Crippen molar-refractivity contribution in [2.75, 3.05) is 0 Å². The molecule has 90 valence electrons. The molecule has 1 saturated heterocycles. The second-order valence-corrected chi connectivity index (χ2v) is 3.50. The summed E-state index contributed by atoms with van der Waals surface area (Å²) >= 11 is 0. The van der Waals surface area contributed by atoms with Crippen molar-refractivity contribution in [2.45, 2.75) is 43.9 Å². The molecule has 3 nitrogen and oxygen atoms in total. The first-order chi connectivity index (χ1) is 6.38. The van der Waals surface area contributed by atoms with Crippen LogP contribution in [0.5, 0.6) is 0 Å². The maximum atomic E-state index is 12.0. The summed E-state index contributed by atoms with van der Waals surface area (Å²) in [4.78, 5) is 10.5. The summed E-state index contributed by atoms with van der Waals surface area (Å²) in [7, 11) is 0. The van der Waals surface area contributed by atoms with Crippen LogP contribution in [0.2, 0.25) is 0 Å². The molecule has 0 spiro atoms. The monoisotopic (exact) mass is 247 g/mol. The fourth-order valence-electron chi connectivity index (χ4n) is 1.65. The van der Waals surface area contributed by atoms with Crippen molar-refractivity contribution in [3.63, 3.8) is 0 Å². The minimum absolute atomic E-state index is 0. The van der Waals surface area contributed by atoms with E-state index in [1.165, 1.54) is 0 Å². The Morgan fingerprint density at radius 1 is 1.40 bits per heavy atom. The maximum Gasteiger partial charge on any atom is 0.390 e. The maximum absolute atomic E-state index is 12.0. The van der Waals surface area contributed by atoms with E-state index in [1.807, 2.05) is 0 Å². The largest absolute Gasteiger partial charge is 0.480 e. The van der Waals surface area contributed by atoms with Crippen LogP contribution in [0.1, 0.15) is 25.7 Å². The fraction of sp³-hybridized carbons (Fsp3) is 0.875. The van der Waals surface area contributed by atoms with Gasteiger partial charge < -0.3 is 10.4 Å². The third-order valence-corrected chi connectivity index (χ3v) is 2.26. The van der Waals surface area contributed by atoms with Crippen molar-refractivity contribution in [1.82, 2.24) is 5.32 Å². The number of nitrogens with one attached hydrogen (secondary N) is 1. The van der Waals surface area contributed by atoms with E-state index in [9.17, 15) is 18.0 Å². The first kappa shape index (κ1) is 14.5. The number of aliphatic carboxylic acids is 1. The standard InChI is InChI=1S/C8H12F3NO2.ClH/c9-8(10,11)4-5-2-1-3-6(12-5)7(13)14;/h5-6,12H,1-4H2,(H,13,14);1H. The van der Waals surface area contributed by atoms with Gasteiger partial charge in [0, 0.05) is 6.04 Å². The van der Waals surface area contributed by atoms with E-state index < -0.39 is 30.7 Å². The van der Waals surface area contributed by atoms with Crippen molar-refractivity contribution in [3.8, 4) is 0 Å². The van der Waals surface area contributed by atoms with Gasteiger partial charge in [-0.1, -0.05) is 0 Å². The summed E-state index contributed by atoms with van der Waals surface area (Å²) in [6.07, 6.45) is -3.84. The molecule has 1 fully saturated rings. The van der Waals surface area contributed by atoms with Gasteiger partial charge in [0.05, 0.1) is 6.42 Å². The Labute approximate surface area is 91.4 Å². The molecule has 0 amide bonds. The molecule has 15 heavy (non-hydrogen) atoms. The lowest BCUT2D eigenvalue weighted by atomic mass is 9.96. The zero-order valence-corrected chi connectivity index (χ0v) is 8.70. The highest BCUT2D eigenvalue weighted by Crippen LogP contribution is 2.26. The normalized spacial score (nSPS) is 26.9. The van der Waals surface area contributed by atoms with Crippen LogP contribution in [0.3, 0.4) is 0 Å². The first-order valence-electron chi connectivity index (χ1n) is 4.44. The second-order valence-electron chi connectivity index (χ2n) is 3.50. The molecular weight excluding hydrogens is 235 g/mol. The molecule has 2 unspecified atom stereocenters. The number of hydrogen-bond donors (Lipinski definition) is 2. The predicted octanol–water partition coefficient (Wildman–Crippen LogP) is 1.96. The van der Waals surface area contributed by atoms with E-state index in [2.05, 4.69) is 5.32 Å². The summed E-state index contributed by atoms with van der Waals surface area (Å²) in [5.41, 5.74) is 0. The number of carbonyl (C=O) groups is 1. The van der Waals surface area contributed by atoms with Crippen LogP contribution in [-0.2, 0) is 4.79 Å². The van der Waals surface area contributed by atoms with Gasteiger partial charge in [-0.05, 0) is 19.3 Å². The summed E-state index contributed by atoms with van der Waals surface area (Å²) < 4.78 is 35.9. The zero-order chi connectivity index (χ0) is 10.8. The van der Waals surface area contributed by atoms with Crippen LogP contribution >= 0.6 is 12.4 Å². The van der Waals surface area contributed by atoms with E-state index in [4.69, 9.17) is 5.11 Å². The van der Waals surface area contributed by atoms with Gasteiger partial charge in [-0.3, -0.25) is 4.79 Å². The molecule has 1 aliphatic heterocycles. The van der Waals surface area contributed by atoms with Crippen molar-refractivity contribution in [1.29, 1.82) is 0 Å². The van der Waals surface area contributed by atoms with Crippen LogP contribution in [0, 0.1) is 0 Å². The fourth-order valence-corrected chi connectivity index (χ4v) is 1.65. The Kier molecular flexibility index (Phi) is 5.37. The van der Waals surface area contributed by atoms with Gasteiger partial charge in [-0.2, -0.15) is 13.2 Å². The van der Waals surface area contributed by atoms with Gasteiger partial charge in [-0.15, -0.1) is 12.4 Å². The molecule has 0 aromatic carbocycles. The molecular formula is C8H13ClF3NO2. The number of piperidine rings is 1. The topological polar surface area (TPSA) is 49.3 Å². The Morgan fingerprint density at radius 2 is 2.00 bits per heavy atom. The van der Waals surface area contributed by atoms with Crippen molar-refractivity contribution < 1.29 is 23.1 Å². The number of alkyl halides is 3. The summed E-state index contributed by atoms with van der Waals surface area (Å²) in [6.45, 7) is 0. The molecule has 7 heteroatoms. The van der Waals surface area contributed by atoms with Crippen LogP contribution in [0.25, 0.3) is 0 Å². The minimum Gasteiger partial charge on any atom is -0.480 e. The van der Waals surface area contributed by atoms with E-state index in [-0.39, 0.29) is 12.4 Å². The molecule has 1 aliphatic rings. The molecule has 1 rings (SSSR count). The molecule has 0 aliphatic carbocycles. The summed E-state index contributed by atoms with van der Waals surface area (Å²) in [6, 6.07) is -1.57. The molecule has 2 atom stereocenters. The first-order valence-corrected chi connectivity index (χ1v) is 4.44. The van der Waals surface area contributed by atoms with Crippen molar-refractivity contribution in [2.24, 2.45) is 0 Å². The smallest absolute Gasteiger partial charge is 0.390 e. The Morgan fingerprint density at radius 3 is 2.47 bits per heavy atom. The highest BCUT2D eigenvalue weighted by Gasteiger charge is 2.35. The average molecular weight is 248 g/mol. The van der Waals surface area contributed by atoms with E-state index >= 15 is 0 Å². The Bertz CT molecular complexity index is 222. The number of carboxylic acids is 1. The molecule has 0 aromatic rings. The molecule has 2 N–H and O–H groups in total. The third kappa shape index (κ3) is 5.22. The second kappa shape index (κ2) is 5.55. The van der Waals surface area contributed by atoms with Gasteiger partial charge in [0.15, 0.2) is 0 Å². The van der Waals surface area contributed by atoms with Gasteiger partial charge in [-0.25, -0.2) is 0 Å².